The number of nitrogens with one attached hydrogen (secondary N) is 1. The molecule has 0 unspecified atom stereocenters. The minimum absolute atomic E-state index is 0.0684. The molecular weight excluding hydrogens is 276 g/mol. The summed E-state index contributed by atoms with van der Waals surface area (Å²) >= 11 is 0. The number of benzene rings is 1. The van der Waals surface area contributed by atoms with Gasteiger partial charge in [-0.05, 0) is 19.1 Å². The molecule has 0 radical (unpaired) electrons. The summed E-state index contributed by atoms with van der Waals surface area (Å²) in [5.74, 6) is 0.0646. The quantitative estimate of drug-likeness (QED) is 0.798. The van der Waals surface area contributed by atoms with E-state index in [0.717, 1.165) is 5.06 Å². The van der Waals surface area contributed by atoms with Crippen molar-refractivity contribution in [1.82, 2.24) is 10.4 Å². The number of para-hydroxylation sites is 1. The van der Waals surface area contributed by atoms with Gasteiger partial charge in [-0.25, -0.2) is 9.86 Å². The topological polar surface area (TPSA) is 77.1 Å². The molecule has 0 heterocycles. The maximum atomic E-state index is 12.4. The van der Waals surface area contributed by atoms with Crippen LogP contribution in [0.3, 0.4) is 0 Å². The zero-order valence-electron chi connectivity index (χ0n) is 12.6. The highest BCUT2D eigenvalue weighted by Gasteiger charge is 2.39. The van der Waals surface area contributed by atoms with Crippen LogP contribution in [0.4, 0.5) is 4.79 Å². The third-order valence-electron chi connectivity index (χ3n) is 2.85. The van der Waals surface area contributed by atoms with E-state index in [0.29, 0.717) is 5.75 Å². The molecule has 2 amide bonds. The zero-order valence-corrected chi connectivity index (χ0v) is 12.6. The number of hydrogen-bond donors (Lipinski definition) is 1. The highest BCUT2D eigenvalue weighted by Crippen LogP contribution is 2.19. The van der Waals surface area contributed by atoms with Crippen LogP contribution in [0.25, 0.3) is 0 Å². The number of carbonyl (C=O) groups is 2. The van der Waals surface area contributed by atoms with Crippen LogP contribution in [0.15, 0.2) is 30.3 Å². The van der Waals surface area contributed by atoms with E-state index in [1.54, 1.807) is 31.2 Å². The molecule has 7 heteroatoms. The molecule has 0 bridgehead atoms. The molecule has 116 valence electrons. The van der Waals surface area contributed by atoms with Crippen molar-refractivity contribution in [2.75, 3.05) is 27.8 Å². The van der Waals surface area contributed by atoms with E-state index in [9.17, 15) is 9.59 Å². The Kier molecular flexibility index (Phi) is 5.98. The van der Waals surface area contributed by atoms with Crippen LogP contribution >= 0.6 is 0 Å². The van der Waals surface area contributed by atoms with Crippen LogP contribution < -0.4 is 10.1 Å². The van der Waals surface area contributed by atoms with E-state index in [1.807, 2.05) is 6.07 Å². The van der Waals surface area contributed by atoms with E-state index >= 15 is 0 Å². The summed E-state index contributed by atoms with van der Waals surface area (Å²) in [4.78, 5) is 28.5. The fourth-order valence-electron chi connectivity index (χ4n) is 1.63. The van der Waals surface area contributed by atoms with Gasteiger partial charge in [0.2, 0.25) is 5.60 Å². The second-order valence-electron chi connectivity index (χ2n) is 4.48. The highest BCUT2D eigenvalue weighted by atomic mass is 16.7. The molecule has 0 aromatic heterocycles. The van der Waals surface area contributed by atoms with E-state index in [-0.39, 0.29) is 6.54 Å². The lowest BCUT2D eigenvalue weighted by Gasteiger charge is -2.32. The summed E-state index contributed by atoms with van der Waals surface area (Å²) in [7, 11) is 4.08. The molecule has 0 aliphatic heterocycles. The molecule has 1 atom stereocenters. The van der Waals surface area contributed by atoms with Gasteiger partial charge in [-0.2, -0.15) is 0 Å². The van der Waals surface area contributed by atoms with Gasteiger partial charge in [0.25, 0.3) is 5.91 Å². The van der Waals surface area contributed by atoms with Gasteiger partial charge in [0.05, 0.1) is 20.8 Å². The minimum Gasteiger partial charge on any atom is -0.476 e. The fraction of sp³-hybridized carbons (Fsp3) is 0.429. The molecule has 0 aliphatic rings. The predicted molar refractivity (Wildman–Crippen MR) is 75.7 cm³/mol. The van der Waals surface area contributed by atoms with E-state index < -0.39 is 17.6 Å². The number of alkyl carbamates (subject to hydrolysis) is 1. The zero-order chi connectivity index (χ0) is 15.9. The van der Waals surface area contributed by atoms with Gasteiger partial charge < -0.3 is 14.8 Å². The van der Waals surface area contributed by atoms with Crippen molar-refractivity contribution in [3.63, 3.8) is 0 Å². The first-order valence-electron chi connectivity index (χ1n) is 6.31. The number of hydroxylamine groups is 2. The van der Waals surface area contributed by atoms with Crippen LogP contribution in [0, 0.1) is 0 Å². The van der Waals surface area contributed by atoms with Gasteiger partial charge in [0, 0.05) is 7.05 Å². The molecule has 0 aliphatic carbocycles. The summed E-state index contributed by atoms with van der Waals surface area (Å²) in [6.45, 7) is 1.49. The Labute approximate surface area is 123 Å². The number of hydrogen-bond acceptors (Lipinski definition) is 5. The largest absolute Gasteiger partial charge is 0.476 e. The highest BCUT2D eigenvalue weighted by molar-refractivity contribution is 5.85. The van der Waals surface area contributed by atoms with Gasteiger partial charge in [0.15, 0.2) is 0 Å². The average Bonchev–Trinajstić information content (AvgIpc) is 2.52. The summed E-state index contributed by atoms with van der Waals surface area (Å²) in [5.41, 5.74) is -1.33. The number of amides is 2. The smallest absolute Gasteiger partial charge is 0.407 e. The maximum absolute atomic E-state index is 12.4. The van der Waals surface area contributed by atoms with Crippen molar-refractivity contribution in [1.29, 1.82) is 0 Å². The van der Waals surface area contributed by atoms with Crippen molar-refractivity contribution in [2.24, 2.45) is 0 Å². The summed E-state index contributed by atoms with van der Waals surface area (Å²) in [6, 6.07) is 8.84. The van der Waals surface area contributed by atoms with E-state index in [1.165, 1.54) is 21.3 Å². The Balaban J connectivity index is 2.92. The number of carbonyl (C=O) groups excluding carboxylic acids is 2. The molecule has 0 saturated heterocycles. The number of nitrogens with zero attached hydrogens (tertiary/aromatic N) is 1. The van der Waals surface area contributed by atoms with Crippen molar-refractivity contribution < 1.29 is 23.9 Å². The van der Waals surface area contributed by atoms with Crippen LogP contribution in [0.2, 0.25) is 0 Å². The standard InChI is InChI=1S/C14H20N2O5/c1-14(10-15-13(18)19-3,12(17)16(2)20-4)21-11-8-6-5-7-9-11/h5-9H,10H2,1-4H3,(H,15,18)/t14-/m0/s1. The summed E-state index contributed by atoms with van der Waals surface area (Å²) in [5, 5.41) is 3.51. The van der Waals surface area contributed by atoms with Crippen molar-refractivity contribution in [3.8, 4) is 5.75 Å². The van der Waals surface area contributed by atoms with E-state index in [2.05, 4.69) is 10.1 Å². The van der Waals surface area contributed by atoms with Crippen LogP contribution in [-0.4, -0.2) is 50.5 Å². The molecular formula is C14H20N2O5. The first-order valence-corrected chi connectivity index (χ1v) is 6.31. The molecule has 0 fully saturated rings. The maximum Gasteiger partial charge on any atom is 0.407 e. The lowest BCUT2D eigenvalue weighted by molar-refractivity contribution is -0.184. The second kappa shape index (κ2) is 7.49. The van der Waals surface area contributed by atoms with Gasteiger partial charge >= 0.3 is 6.09 Å². The molecule has 1 N–H and O–H groups in total. The summed E-state index contributed by atoms with van der Waals surface area (Å²) in [6.07, 6.45) is -0.647. The number of methoxy groups -OCH3 is 1. The molecule has 0 spiro atoms. The monoisotopic (exact) mass is 296 g/mol. The van der Waals surface area contributed by atoms with Gasteiger partial charge in [-0.1, -0.05) is 18.2 Å². The Morgan fingerprint density at radius 3 is 2.38 bits per heavy atom. The fourth-order valence-corrected chi connectivity index (χ4v) is 1.63. The number of ether oxygens (including phenoxy) is 2. The average molecular weight is 296 g/mol. The number of likely N-dealkylation sites (N-methyl/N-ethyl adjacent to an activating group) is 1. The minimum atomic E-state index is -1.33. The molecule has 7 nitrogen and oxygen atoms in total. The van der Waals surface area contributed by atoms with Crippen molar-refractivity contribution in [2.45, 2.75) is 12.5 Å². The normalized spacial score (nSPS) is 13.0. The van der Waals surface area contributed by atoms with Crippen LogP contribution in [0.1, 0.15) is 6.92 Å². The lowest BCUT2D eigenvalue weighted by atomic mass is 10.1. The number of rotatable bonds is 6. The third-order valence-corrected chi connectivity index (χ3v) is 2.85. The van der Waals surface area contributed by atoms with Crippen molar-refractivity contribution >= 4 is 12.0 Å². The van der Waals surface area contributed by atoms with Crippen LogP contribution in [0.5, 0.6) is 5.75 Å². The molecule has 1 aromatic rings. The lowest BCUT2D eigenvalue weighted by Crippen LogP contribution is -2.56. The van der Waals surface area contributed by atoms with E-state index in [4.69, 9.17) is 9.57 Å². The molecule has 1 aromatic carbocycles. The molecule has 21 heavy (non-hydrogen) atoms. The Morgan fingerprint density at radius 2 is 1.86 bits per heavy atom. The SMILES string of the molecule is COC(=O)NC[C@](C)(Oc1ccccc1)C(=O)N(C)OC. The Morgan fingerprint density at radius 1 is 1.24 bits per heavy atom. The third kappa shape index (κ3) is 4.64. The predicted octanol–water partition coefficient (Wildman–Crippen LogP) is 1.20. The Hall–Kier alpha value is -2.28. The second-order valence-corrected chi connectivity index (χ2v) is 4.48. The van der Waals surface area contributed by atoms with Crippen LogP contribution in [-0.2, 0) is 14.4 Å². The molecule has 1 rings (SSSR count). The molecule has 0 saturated carbocycles. The first-order chi connectivity index (χ1) is 9.92. The van der Waals surface area contributed by atoms with Gasteiger partial charge in [-0.15, -0.1) is 0 Å². The van der Waals surface area contributed by atoms with Gasteiger partial charge in [0.1, 0.15) is 5.75 Å². The summed E-state index contributed by atoms with van der Waals surface area (Å²) < 4.78 is 10.2. The van der Waals surface area contributed by atoms with Gasteiger partial charge in [-0.3, -0.25) is 9.63 Å². The first kappa shape index (κ1) is 16.8. The Bertz CT molecular complexity index is 480. The van der Waals surface area contributed by atoms with Crippen molar-refractivity contribution in [3.05, 3.63) is 30.3 Å².